The second-order valence-electron chi connectivity index (χ2n) is 8.49. The Balaban J connectivity index is 1.80. The van der Waals surface area contributed by atoms with Crippen molar-refractivity contribution in [2.24, 2.45) is 5.73 Å². The van der Waals surface area contributed by atoms with Crippen molar-refractivity contribution in [1.29, 1.82) is 0 Å². The summed E-state index contributed by atoms with van der Waals surface area (Å²) in [6, 6.07) is 17.2. The van der Waals surface area contributed by atoms with Crippen LogP contribution in [0.25, 0.3) is 0 Å². The van der Waals surface area contributed by atoms with Crippen LogP contribution >= 0.6 is 11.5 Å². The summed E-state index contributed by atoms with van der Waals surface area (Å²) in [6.45, 7) is 1.95. The molecule has 0 saturated carbocycles. The highest BCUT2D eigenvalue weighted by molar-refractivity contribution is 7.09. The van der Waals surface area contributed by atoms with Gasteiger partial charge in [0.05, 0.1) is 5.69 Å². The van der Waals surface area contributed by atoms with Crippen LogP contribution in [-0.2, 0) is 11.3 Å². The van der Waals surface area contributed by atoms with E-state index in [1.807, 2.05) is 6.92 Å². The molecule has 6 N–H and O–H groups in total. The molecule has 4 rings (SSSR count). The molecule has 0 aliphatic heterocycles. The van der Waals surface area contributed by atoms with Crippen molar-refractivity contribution in [3.05, 3.63) is 106 Å². The summed E-state index contributed by atoms with van der Waals surface area (Å²) >= 11 is 0.703. The van der Waals surface area contributed by atoms with Gasteiger partial charge in [-0.3, -0.25) is 19.3 Å². The Bertz CT molecular complexity index is 1470. The highest BCUT2D eigenvalue weighted by Gasteiger charge is 2.36. The molecular weight excluding hydrogens is 509 g/mol. The SMILES string of the molecule is Cc1ccc(N(C(=O)c2snc(C(N)=O)c2N)C(C(=O)NCc2ccc(F)cc2)c2ccc(O)cc2)cc1. The number of benzene rings is 3. The molecule has 11 heteroatoms. The van der Waals surface area contributed by atoms with Crippen LogP contribution in [0.5, 0.6) is 5.75 Å². The molecule has 3 aromatic carbocycles. The van der Waals surface area contributed by atoms with E-state index < -0.39 is 29.6 Å². The molecule has 0 aliphatic rings. The molecule has 1 heterocycles. The minimum absolute atomic E-state index is 0.0229. The van der Waals surface area contributed by atoms with Crippen LogP contribution in [0.4, 0.5) is 15.8 Å². The number of aromatic nitrogens is 1. The number of nitrogen functional groups attached to an aromatic ring is 1. The first-order valence-electron chi connectivity index (χ1n) is 11.4. The van der Waals surface area contributed by atoms with Crippen LogP contribution in [0, 0.1) is 12.7 Å². The van der Waals surface area contributed by atoms with E-state index in [0.29, 0.717) is 28.3 Å². The lowest BCUT2D eigenvalue weighted by Gasteiger charge is -2.31. The number of hydrogen-bond donors (Lipinski definition) is 4. The fourth-order valence-electron chi connectivity index (χ4n) is 3.79. The molecule has 0 fully saturated rings. The van der Waals surface area contributed by atoms with Gasteiger partial charge in [0.1, 0.15) is 22.5 Å². The fourth-order valence-corrected chi connectivity index (χ4v) is 4.53. The van der Waals surface area contributed by atoms with Gasteiger partial charge in [0.25, 0.3) is 11.8 Å². The highest BCUT2D eigenvalue weighted by Crippen LogP contribution is 2.33. The zero-order valence-electron chi connectivity index (χ0n) is 20.2. The monoisotopic (exact) mass is 533 g/mol. The maximum Gasteiger partial charge on any atom is 0.273 e. The van der Waals surface area contributed by atoms with E-state index in [2.05, 4.69) is 9.69 Å². The van der Waals surface area contributed by atoms with Crippen molar-refractivity contribution in [2.45, 2.75) is 19.5 Å². The largest absolute Gasteiger partial charge is 0.508 e. The molecule has 0 radical (unpaired) electrons. The van der Waals surface area contributed by atoms with E-state index in [0.717, 1.165) is 5.56 Å². The summed E-state index contributed by atoms with van der Waals surface area (Å²) in [5, 5.41) is 12.6. The number of phenolic OH excluding ortho intramolecular Hbond substituents is 1. The molecule has 3 amide bonds. The predicted molar refractivity (Wildman–Crippen MR) is 142 cm³/mol. The number of nitrogens with zero attached hydrogens (tertiary/aromatic N) is 2. The minimum Gasteiger partial charge on any atom is -0.508 e. The Labute approximate surface area is 221 Å². The summed E-state index contributed by atoms with van der Waals surface area (Å²) in [7, 11) is 0. The minimum atomic E-state index is -1.22. The third-order valence-electron chi connectivity index (χ3n) is 5.78. The van der Waals surface area contributed by atoms with E-state index in [4.69, 9.17) is 11.5 Å². The molecule has 0 saturated heterocycles. The smallest absolute Gasteiger partial charge is 0.273 e. The van der Waals surface area contributed by atoms with Gasteiger partial charge in [-0.05, 0) is 66.0 Å². The van der Waals surface area contributed by atoms with Gasteiger partial charge in [0, 0.05) is 12.2 Å². The molecule has 1 aromatic heterocycles. The molecule has 0 bridgehead atoms. The number of carbonyl (C=O) groups is 3. The quantitative estimate of drug-likeness (QED) is 0.271. The number of phenols is 1. The fraction of sp³-hybridized carbons (Fsp3) is 0.111. The molecule has 0 spiro atoms. The first kappa shape index (κ1) is 26.3. The summed E-state index contributed by atoms with van der Waals surface area (Å²) in [5.41, 5.74) is 13.3. The number of primary amides is 1. The van der Waals surface area contributed by atoms with Crippen LogP contribution in [0.2, 0.25) is 0 Å². The van der Waals surface area contributed by atoms with Gasteiger partial charge < -0.3 is 21.9 Å². The van der Waals surface area contributed by atoms with Gasteiger partial charge in [0.15, 0.2) is 5.69 Å². The number of carbonyl (C=O) groups excluding carboxylic acids is 3. The van der Waals surface area contributed by atoms with Crippen LogP contribution in [0.3, 0.4) is 0 Å². The Morgan fingerprint density at radius 1 is 1.03 bits per heavy atom. The lowest BCUT2D eigenvalue weighted by atomic mass is 10.0. The van der Waals surface area contributed by atoms with E-state index in [1.165, 1.54) is 53.4 Å². The van der Waals surface area contributed by atoms with Crippen LogP contribution in [0.15, 0.2) is 72.8 Å². The Morgan fingerprint density at radius 3 is 2.24 bits per heavy atom. The van der Waals surface area contributed by atoms with E-state index in [1.54, 1.807) is 24.3 Å². The summed E-state index contributed by atoms with van der Waals surface area (Å²) in [5.74, 6) is -2.54. The van der Waals surface area contributed by atoms with Gasteiger partial charge in [-0.2, -0.15) is 4.37 Å². The Morgan fingerprint density at radius 2 is 1.66 bits per heavy atom. The van der Waals surface area contributed by atoms with Gasteiger partial charge in [-0.1, -0.05) is 42.0 Å². The molecule has 1 atom stereocenters. The van der Waals surface area contributed by atoms with Crippen molar-refractivity contribution in [1.82, 2.24) is 9.69 Å². The van der Waals surface area contributed by atoms with Gasteiger partial charge >= 0.3 is 0 Å². The van der Waals surface area contributed by atoms with E-state index >= 15 is 0 Å². The molecule has 4 aromatic rings. The second-order valence-corrected chi connectivity index (χ2v) is 9.26. The normalized spacial score (nSPS) is 11.5. The van der Waals surface area contributed by atoms with Crippen LogP contribution in [0.1, 0.15) is 42.9 Å². The number of amides is 3. The van der Waals surface area contributed by atoms with Crippen molar-refractivity contribution < 1.29 is 23.9 Å². The van der Waals surface area contributed by atoms with Crippen molar-refractivity contribution in [3.63, 3.8) is 0 Å². The molecular formula is C27H24FN5O4S. The third kappa shape index (κ3) is 5.62. The number of nitrogens with one attached hydrogen (secondary N) is 1. The maximum atomic E-state index is 14.0. The number of anilines is 2. The average Bonchev–Trinajstić information content (AvgIpc) is 3.29. The number of nitrogens with two attached hydrogens (primary N) is 2. The average molecular weight is 534 g/mol. The summed E-state index contributed by atoms with van der Waals surface area (Å²) in [4.78, 5) is 40.6. The first-order valence-corrected chi connectivity index (χ1v) is 12.2. The van der Waals surface area contributed by atoms with E-state index in [9.17, 15) is 23.9 Å². The van der Waals surface area contributed by atoms with Gasteiger partial charge in [0.2, 0.25) is 5.91 Å². The first-order chi connectivity index (χ1) is 18.2. The summed E-state index contributed by atoms with van der Waals surface area (Å²) < 4.78 is 17.3. The summed E-state index contributed by atoms with van der Waals surface area (Å²) in [6.07, 6.45) is 0. The zero-order valence-corrected chi connectivity index (χ0v) is 21.0. The molecule has 1 unspecified atom stereocenters. The van der Waals surface area contributed by atoms with Crippen molar-refractivity contribution in [3.8, 4) is 5.75 Å². The molecule has 0 aliphatic carbocycles. The standard InChI is InChI=1S/C27H24FN5O4S/c1-15-2-10-19(11-3-15)33(27(37)24-21(29)22(25(30)35)32-38-24)23(17-6-12-20(34)13-7-17)26(36)31-14-16-4-8-18(28)9-5-16/h2-13,23,34H,14,29H2,1H3,(H2,30,35)(H,31,36). The number of halogens is 1. The number of aryl methyl sites for hydroxylation is 1. The molecule has 194 valence electrons. The lowest BCUT2D eigenvalue weighted by molar-refractivity contribution is -0.122. The maximum absolute atomic E-state index is 14.0. The van der Waals surface area contributed by atoms with Crippen LogP contribution in [-0.4, -0.2) is 27.2 Å². The van der Waals surface area contributed by atoms with Crippen molar-refractivity contribution in [2.75, 3.05) is 10.6 Å². The van der Waals surface area contributed by atoms with Gasteiger partial charge in [-0.15, -0.1) is 0 Å². The zero-order chi connectivity index (χ0) is 27.4. The third-order valence-corrected chi connectivity index (χ3v) is 6.63. The number of aromatic hydroxyl groups is 1. The molecule has 9 nitrogen and oxygen atoms in total. The highest BCUT2D eigenvalue weighted by atomic mass is 32.1. The van der Waals surface area contributed by atoms with E-state index in [-0.39, 0.29) is 28.6 Å². The second kappa shape index (κ2) is 11.1. The van der Waals surface area contributed by atoms with Crippen molar-refractivity contribution >= 4 is 40.6 Å². The van der Waals surface area contributed by atoms with Gasteiger partial charge in [-0.25, -0.2) is 4.39 Å². The predicted octanol–water partition coefficient (Wildman–Crippen LogP) is 3.68. The Kier molecular flexibility index (Phi) is 7.68. The molecule has 38 heavy (non-hydrogen) atoms. The number of rotatable bonds is 8. The topological polar surface area (TPSA) is 152 Å². The number of hydrogen-bond acceptors (Lipinski definition) is 7. The lowest BCUT2D eigenvalue weighted by Crippen LogP contribution is -2.44. The Hall–Kier alpha value is -4.77. The van der Waals surface area contributed by atoms with Crippen LogP contribution < -0.4 is 21.7 Å².